The molecule has 0 saturated carbocycles. The van der Waals surface area contributed by atoms with Gasteiger partial charge in [-0.25, -0.2) is 0 Å². The van der Waals surface area contributed by atoms with Gasteiger partial charge in [0.1, 0.15) is 5.92 Å². The van der Waals surface area contributed by atoms with Crippen molar-refractivity contribution in [2.75, 3.05) is 19.7 Å². The van der Waals surface area contributed by atoms with Crippen LogP contribution >= 0.6 is 12.2 Å². The van der Waals surface area contributed by atoms with E-state index in [2.05, 4.69) is 4.98 Å². The molecule has 3 heterocycles. The highest BCUT2D eigenvalue weighted by atomic mass is 32.1. The summed E-state index contributed by atoms with van der Waals surface area (Å²) in [5.74, 6) is 0.716. The van der Waals surface area contributed by atoms with E-state index in [0.717, 1.165) is 37.3 Å². The molecule has 3 rings (SSSR count). The highest BCUT2D eigenvalue weighted by Crippen LogP contribution is 2.15. The van der Waals surface area contributed by atoms with Gasteiger partial charge in [-0.2, -0.15) is 4.68 Å². The summed E-state index contributed by atoms with van der Waals surface area (Å²) in [6.45, 7) is 4.72. The van der Waals surface area contributed by atoms with E-state index < -0.39 is 0 Å². The Morgan fingerprint density at radius 3 is 2.92 bits per heavy atom. The second-order valence-electron chi connectivity index (χ2n) is 6.35. The van der Waals surface area contributed by atoms with Crippen LogP contribution in [-0.4, -0.2) is 45.0 Å². The predicted octanol–water partition coefficient (Wildman–Crippen LogP) is 0.829. The summed E-state index contributed by atoms with van der Waals surface area (Å²) in [5, 5.41) is 4.69. The quantitative estimate of drug-likeness (QED) is 0.630. The monoisotopic (exact) mass is 362 g/mol. The Bertz CT molecular complexity index is 786. The summed E-state index contributed by atoms with van der Waals surface area (Å²) in [7, 11) is 1.93. The molecule has 2 atom stereocenters. The number of nitrogens with one attached hydrogen (secondary N) is 1. The molecule has 0 aromatic carbocycles. The van der Waals surface area contributed by atoms with Crippen LogP contribution in [0.25, 0.3) is 11.4 Å². The fraction of sp³-hybridized carbons (Fsp3) is 0.529. The lowest BCUT2D eigenvalue weighted by molar-refractivity contribution is -0.930. The zero-order chi connectivity index (χ0) is 17.8. The average Bonchev–Trinajstić information content (AvgIpc) is 2.91. The number of piperidine rings is 1. The van der Waals surface area contributed by atoms with Crippen LogP contribution in [0.15, 0.2) is 24.5 Å². The molecule has 0 spiro atoms. The fourth-order valence-electron chi connectivity index (χ4n) is 3.31. The fourth-order valence-corrected chi connectivity index (χ4v) is 3.50. The number of ether oxygens (including phenoxy) is 1. The minimum Gasteiger partial charge on any atom is -0.466 e. The van der Waals surface area contributed by atoms with Crippen LogP contribution in [-0.2, 0) is 23.2 Å². The summed E-state index contributed by atoms with van der Waals surface area (Å²) in [5.41, 5.74) is 0.986. The lowest BCUT2D eigenvalue weighted by atomic mass is 9.99. The smallest absolute Gasteiger partial charge is 0.314 e. The van der Waals surface area contributed by atoms with Crippen molar-refractivity contribution in [1.82, 2.24) is 19.3 Å². The van der Waals surface area contributed by atoms with Crippen molar-refractivity contribution >= 4 is 18.2 Å². The van der Waals surface area contributed by atoms with E-state index in [0.29, 0.717) is 18.0 Å². The third-order valence-electron chi connectivity index (χ3n) is 4.59. The number of pyridine rings is 1. The maximum absolute atomic E-state index is 12.0. The molecule has 1 aliphatic heterocycles. The molecule has 1 fully saturated rings. The van der Waals surface area contributed by atoms with Gasteiger partial charge in [-0.1, -0.05) is 0 Å². The zero-order valence-corrected chi connectivity index (χ0v) is 15.5. The van der Waals surface area contributed by atoms with Crippen molar-refractivity contribution in [2.45, 2.75) is 26.4 Å². The van der Waals surface area contributed by atoms with Gasteiger partial charge in [0.05, 0.1) is 19.7 Å². The number of carbonyl (C=O) groups excluding carboxylic acids is 1. The zero-order valence-electron chi connectivity index (χ0n) is 14.6. The van der Waals surface area contributed by atoms with Crippen LogP contribution in [0.5, 0.6) is 0 Å². The van der Waals surface area contributed by atoms with E-state index in [9.17, 15) is 4.79 Å². The van der Waals surface area contributed by atoms with Crippen molar-refractivity contribution in [3.05, 3.63) is 29.3 Å². The molecule has 8 heteroatoms. The number of nitrogens with zero attached hydrogens (tertiary/aromatic N) is 4. The molecule has 2 aromatic rings. The summed E-state index contributed by atoms with van der Waals surface area (Å²) >= 11 is 5.55. The van der Waals surface area contributed by atoms with Gasteiger partial charge in [0.2, 0.25) is 4.77 Å². The van der Waals surface area contributed by atoms with Crippen molar-refractivity contribution in [3.63, 3.8) is 0 Å². The van der Waals surface area contributed by atoms with Gasteiger partial charge in [-0.3, -0.25) is 9.78 Å². The molecular weight excluding hydrogens is 338 g/mol. The largest absolute Gasteiger partial charge is 0.466 e. The molecule has 7 nitrogen and oxygen atoms in total. The van der Waals surface area contributed by atoms with E-state index in [1.807, 2.05) is 35.4 Å². The highest BCUT2D eigenvalue weighted by molar-refractivity contribution is 7.71. The van der Waals surface area contributed by atoms with Crippen molar-refractivity contribution in [2.24, 2.45) is 13.0 Å². The first kappa shape index (κ1) is 17.8. The molecule has 134 valence electrons. The van der Waals surface area contributed by atoms with E-state index in [-0.39, 0.29) is 11.9 Å². The van der Waals surface area contributed by atoms with Gasteiger partial charge in [0.25, 0.3) is 0 Å². The SMILES string of the molecule is CCOC(=O)[C@@H]1CCC[NH+](Cn2nc(-c3ccncc3)n(C)c2=S)C1. The number of carbonyl (C=O) groups is 1. The minimum atomic E-state index is -0.0817. The molecule has 1 saturated heterocycles. The van der Waals surface area contributed by atoms with Crippen LogP contribution in [0.2, 0.25) is 0 Å². The van der Waals surface area contributed by atoms with Crippen LogP contribution in [0.1, 0.15) is 19.8 Å². The molecule has 0 amide bonds. The second kappa shape index (κ2) is 7.88. The Morgan fingerprint density at radius 1 is 1.44 bits per heavy atom. The van der Waals surface area contributed by atoms with Gasteiger partial charge in [0, 0.05) is 25.0 Å². The van der Waals surface area contributed by atoms with Crippen LogP contribution < -0.4 is 4.90 Å². The summed E-state index contributed by atoms with van der Waals surface area (Å²) in [4.78, 5) is 17.4. The number of hydrogen-bond acceptors (Lipinski definition) is 5. The third-order valence-corrected chi connectivity index (χ3v) is 5.08. The molecule has 1 unspecified atom stereocenters. The van der Waals surface area contributed by atoms with Gasteiger partial charge in [-0.05, 0) is 44.1 Å². The van der Waals surface area contributed by atoms with E-state index >= 15 is 0 Å². The van der Waals surface area contributed by atoms with Crippen molar-refractivity contribution < 1.29 is 14.4 Å². The number of hydrogen-bond donors (Lipinski definition) is 1. The van der Waals surface area contributed by atoms with Gasteiger partial charge in [-0.15, -0.1) is 5.10 Å². The number of esters is 1. The molecule has 0 bridgehead atoms. The van der Waals surface area contributed by atoms with Crippen LogP contribution in [0.4, 0.5) is 0 Å². The Labute approximate surface area is 152 Å². The molecule has 1 aliphatic rings. The maximum Gasteiger partial charge on any atom is 0.314 e. The molecule has 2 aromatic heterocycles. The van der Waals surface area contributed by atoms with E-state index in [1.165, 1.54) is 4.90 Å². The lowest BCUT2D eigenvalue weighted by Gasteiger charge is -2.28. The first-order valence-corrected chi connectivity index (χ1v) is 9.05. The number of quaternary nitrogens is 1. The molecular formula is C17H24N5O2S+. The summed E-state index contributed by atoms with van der Waals surface area (Å²) < 4.78 is 9.63. The molecule has 0 aliphatic carbocycles. The van der Waals surface area contributed by atoms with Gasteiger partial charge >= 0.3 is 5.97 Å². The van der Waals surface area contributed by atoms with E-state index in [1.54, 1.807) is 12.4 Å². The predicted molar refractivity (Wildman–Crippen MR) is 95.3 cm³/mol. The highest BCUT2D eigenvalue weighted by Gasteiger charge is 2.30. The minimum absolute atomic E-state index is 0.0266. The normalized spacial score (nSPS) is 20.4. The Kier molecular flexibility index (Phi) is 5.60. The van der Waals surface area contributed by atoms with Crippen molar-refractivity contribution in [3.8, 4) is 11.4 Å². The van der Waals surface area contributed by atoms with Crippen molar-refractivity contribution in [1.29, 1.82) is 0 Å². The number of likely N-dealkylation sites (tertiary alicyclic amines) is 1. The Hall–Kier alpha value is -2.06. The maximum atomic E-state index is 12.0. The first-order valence-electron chi connectivity index (χ1n) is 8.64. The van der Waals surface area contributed by atoms with Gasteiger partial charge < -0.3 is 14.2 Å². The first-order chi connectivity index (χ1) is 12.1. The summed E-state index contributed by atoms with van der Waals surface area (Å²) in [6, 6.07) is 3.85. The number of rotatable bonds is 5. The standard InChI is InChI=1S/C17H23N5O2S/c1-3-24-16(23)14-5-4-10-21(11-14)12-22-17(25)20(2)15(19-22)13-6-8-18-9-7-13/h6-9,14H,3-5,10-12H2,1-2H3/p+1/t14-/m1/s1. The molecule has 1 N–H and O–H groups in total. The van der Waals surface area contributed by atoms with Crippen LogP contribution in [0, 0.1) is 10.7 Å². The second-order valence-corrected chi connectivity index (χ2v) is 6.72. The summed E-state index contributed by atoms with van der Waals surface area (Å²) in [6.07, 6.45) is 5.41. The lowest BCUT2D eigenvalue weighted by Crippen LogP contribution is -3.13. The molecule has 0 radical (unpaired) electrons. The average molecular weight is 362 g/mol. The number of aromatic nitrogens is 4. The molecule has 25 heavy (non-hydrogen) atoms. The van der Waals surface area contributed by atoms with E-state index in [4.69, 9.17) is 22.1 Å². The third kappa shape index (κ3) is 3.96. The Morgan fingerprint density at radius 2 is 2.20 bits per heavy atom. The van der Waals surface area contributed by atoms with Crippen LogP contribution in [0.3, 0.4) is 0 Å². The topological polar surface area (TPSA) is 66.4 Å². The Balaban J connectivity index is 1.75. The van der Waals surface area contributed by atoms with Gasteiger partial charge in [0.15, 0.2) is 12.5 Å².